The Balaban J connectivity index is 2.81. The summed E-state index contributed by atoms with van der Waals surface area (Å²) >= 11 is 0. The number of hydrogen-bond donors (Lipinski definition) is 1. The Bertz CT molecular complexity index is 507. The fourth-order valence-electron chi connectivity index (χ4n) is 2.89. The quantitative estimate of drug-likeness (QED) is 0.395. The van der Waals surface area contributed by atoms with Crippen molar-refractivity contribution in [2.75, 3.05) is 6.61 Å². The van der Waals surface area contributed by atoms with Gasteiger partial charge in [0.25, 0.3) is 0 Å². The first kappa shape index (κ1) is 24.3. The van der Waals surface area contributed by atoms with Gasteiger partial charge in [-0.25, -0.2) is 0 Å². The molecule has 1 N–H and O–H groups in total. The maximum absolute atomic E-state index is 11.1. The summed E-state index contributed by atoms with van der Waals surface area (Å²) in [6.07, 6.45) is 6.69. The summed E-state index contributed by atoms with van der Waals surface area (Å²) in [6, 6.07) is 0. The second-order valence-electron chi connectivity index (χ2n) is 9.59. The summed E-state index contributed by atoms with van der Waals surface area (Å²) in [5, 5.41) is 9.29. The van der Waals surface area contributed by atoms with Crippen LogP contribution in [0.25, 0.3) is 0 Å². The van der Waals surface area contributed by atoms with Crippen LogP contribution in [0.4, 0.5) is 0 Å². The maximum atomic E-state index is 11.1. The van der Waals surface area contributed by atoms with Gasteiger partial charge < -0.3 is 19.0 Å². The number of unbranched alkanes of at least 4 members (excludes halogenated alkanes) is 1. The van der Waals surface area contributed by atoms with Crippen LogP contribution in [0.15, 0.2) is 12.2 Å². The number of aliphatic carboxylic acids is 1. The molecule has 0 aromatic rings. The zero-order valence-corrected chi connectivity index (χ0v) is 19.5. The third-order valence-electron chi connectivity index (χ3n) is 5.57. The molecule has 0 aliphatic carbocycles. The molecule has 0 spiro atoms. The Hall–Kier alpha value is -0.693. The van der Waals surface area contributed by atoms with Gasteiger partial charge in [-0.2, -0.15) is 0 Å². The lowest BCUT2D eigenvalue weighted by molar-refractivity contribution is -0.146. The van der Waals surface area contributed by atoms with Crippen molar-refractivity contribution in [1.29, 1.82) is 0 Å². The first-order valence-electron chi connectivity index (χ1n) is 10.2. The lowest BCUT2D eigenvalue weighted by atomic mass is 9.97. The van der Waals surface area contributed by atoms with E-state index in [1.165, 1.54) is 0 Å². The second kappa shape index (κ2) is 9.68. The molecule has 3 atom stereocenters. The molecule has 1 saturated heterocycles. The van der Waals surface area contributed by atoms with E-state index in [-0.39, 0.29) is 29.6 Å². The lowest BCUT2D eigenvalue weighted by Crippen LogP contribution is -2.43. The SMILES string of the molecule is CCCC[C@H](/C=C/[C@@H]1OC(C)(C)O[C@@H]1CO[Si](C)(C)C(C)(C)C)CC(=O)O. The van der Waals surface area contributed by atoms with E-state index in [9.17, 15) is 4.79 Å². The maximum Gasteiger partial charge on any atom is 0.303 e. The molecule has 1 heterocycles. The number of carbonyl (C=O) groups is 1. The highest BCUT2D eigenvalue weighted by molar-refractivity contribution is 6.74. The number of hydrogen-bond acceptors (Lipinski definition) is 4. The predicted molar refractivity (Wildman–Crippen MR) is 111 cm³/mol. The molecule has 1 aliphatic heterocycles. The van der Waals surface area contributed by atoms with Crippen LogP contribution in [-0.4, -0.2) is 44.0 Å². The van der Waals surface area contributed by atoms with E-state index in [2.05, 4.69) is 40.8 Å². The van der Waals surface area contributed by atoms with E-state index in [4.69, 9.17) is 19.0 Å². The van der Waals surface area contributed by atoms with Gasteiger partial charge in [0.2, 0.25) is 0 Å². The lowest BCUT2D eigenvalue weighted by Gasteiger charge is -2.37. The molecular formula is C21H40O5Si. The fraction of sp³-hybridized carbons (Fsp3) is 0.857. The Morgan fingerprint density at radius 2 is 1.93 bits per heavy atom. The molecule has 5 nitrogen and oxygen atoms in total. The zero-order chi connectivity index (χ0) is 20.9. The molecule has 158 valence electrons. The van der Waals surface area contributed by atoms with Crippen molar-refractivity contribution in [1.82, 2.24) is 0 Å². The molecule has 0 unspecified atom stereocenters. The molecule has 0 bridgehead atoms. The van der Waals surface area contributed by atoms with Gasteiger partial charge in [-0.3, -0.25) is 4.79 Å². The van der Waals surface area contributed by atoms with Crippen molar-refractivity contribution in [3.63, 3.8) is 0 Å². The van der Waals surface area contributed by atoms with Gasteiger partial charge in [0.05, 0.1) is 13.0 Å². The summed E-state index contributed by atoms with van der Waals surface area (Å²) in [5.41, 5.74) is 0. The van der Waals surface area contributed by atoms with Gasteiger partial charge >= 0.3 is 5.97 Å². The number of rotatable bonds is 10. The van der Waals surface area contributed by atoms with E-state index in [0.29, 0.717) is 6.61 Å². The van der Waals surface area contributed by atoms with E-state index < -0.39 is 20.1 Å². The molecule has 0 amide bonds. The minimum atomic E-state index is -1.87. The highest BCUT2D eigenvalue weighted by Gasteiger charge is 2.43. The van der Waals surface area contributed by atoms with Crippen LogP contribution in [0.5, 0.6) is 0 Å². The van der Waals surface area contributed by atoms with Crippen LogP contribution >= 0.6 is 0 Å². The standard InChI is InChI=1S/C21H40O5Si/c1-9-10-11-16(14-19(22)23)12-13-17-18(26-21(5,6)25-17)15-24-27(7,8)20(2,3)4/h12-13,16-18H,9-11,14-15H2,1-8H3,(H,22,23)/b13-12+/t16-,17+,18-/m1/s1. The summed E-state index contributed by atoms with van der Waals surface area (Å²) in [7, 11) is -1.87. The van der Waals surface area contributed by atoms with E-state index >= 15 is 0 Å². The van der Waals surface area contributed by atoms with Crippen molar-refractivity contribution in [2.24, 2.45) is 5.92 Å². The number of carboxylic acids is 1. The minimum absolute atomic E-state index is 0.0247. The van der Waals surface area contributed by atoms with Gasteiger partial charge in [0.1, 0.15) is 12.2 Å². The minimum Gasteiger partial charge on any atom is -0.481 e. The van der Waals surface area contributed by atoms with Crippen molar-refractivity contribution < 1.29 is 23.8 Å². The number of carboxylic acid groups (broad SMARTS) is 1. The molecule has 1 aliphatic rings. The highest BCUT2D eigenvalue weighted by Crippen LogP contribution is 2.38. The smallest absolute Gasteiger partial charge is 0.303 e. The summed E-state index contributed by atoms with van der Waals surface area (Å²) < 4.78 is 18.5. The molecule has 27 heavy (non-hydrogen) atoms. The first-order valence-corrected chi connectivity index (χ1v) is 13.1. The van der Waals surface area contributed by atoms with Crippen LogP contribution < -0.4 is 0 Å². The Kier molecular flexibility index (Phi) is 8.73. The average molecular weight is 401 g/mol. The molecule has 0 saturated carbocycles. The fourth-order valence-corrected chi connectivity index (χ4v) is 3.90. The Labute approximate surface area is 166 Å². The monoisotopic (exact) mass is 400 g/mol. The summed E-state index contributed by atoms with van der Waals surface area (Å²) in [4.78, 5) is 11.1. The average Bonchev–Trinajstić information content (AvgIpc) is 2.80. The van der Waals surface area contributed by atoms with Crippen LogP contribution in [0.3, 0.4) is 0 Å². The van der Waals surface area contributed by atoms with Crippen LogP contribution in [0, 0.1) is 5.92 Å². The topological polar surface area (TPSA) is 65.0 Å². The zero-order valence-electron chi connectivity index (χ0n) is 18.5. The summed E-state index contributed by atoms with van der Waals surface area (Å²) in [6.45, 7) is 17.5. The number of allylic oxidation sites excluding steroid dienone is 1. The van der Waals surface area contributed by atoms with E-state index in [1.807, 2.05) is 26.0 Å². The molecule has 0 radical (unpaired) electrons. The van der Waals surface area contributed by atoms with E-state index in [1.54, 1.807) is 0 Å². The molecular weight excluding hydrogens is 360 g/mol. The molecule has 0 aromatic carbocycles. The summed E-state index contributed by atoms with van der Waals surface area (Å²) in [5.74, 6) is -1.40. The van der Waals surface area contributed by atoms with Gasteiger partial charge in [0.15, 0.2) is 14.1 Å². The molecule has 0 aromatic heterocycles. The van der Waals surface area contributed by atoms with Crippen molar-refractivity contribution in [2.45, 2.75) is 103 Å². The van der Waals surface area contributed by atoms with Gasteiger partial charge in [-0.15, -0.1) is 0 Å². The largest absolute Gasteiger partial charge is 0.481 e. The highest BCUT2D eigenvalue weighted by atomic mass is 28.4. The van der Waals surface area contributed by atoms with Crippen molar-refractivity contribution in [3.05, 3.63) is 12.2 Å². The Morgan fingerprint density at radius 3 is 2.44 bits per heavy atom. The van der Waals surface area contributed by atoms with Gasteiger partial charge in [-0.1, -0.05) is 52.7 Å². The molecule has 6 heteroatoms. The van der Waals surface area contributed by atoms with Gasteiger partial charge in [0, 0.05) is 0 Å². The van der Waals surface area contributed by atoms with E-state index in [0.717, 1.165) is 19.3 Å². The van der Waals surface area contributed by atoms with Crippen molar-refractivity contribution in [3.8, 4) is 0 Å². The third kappa shape index (κ3) is 8.06. The van der Waals surface area contributed by atoms with Crippen LogP contribution in [0.1, 0.15) is 67.2 Å². The van der Waals surface area contributed by atoms with Crippen molar-refractivity contribution >= 4 is 14.3 Å². The van der Waals surface area contributed by atoms with Gasteiger partial charge in [-0.05, 0) is 44.3 Å². The first-order chi connectivity index (χ1) is 12.3. The Morgan fingerprint density at radius 1 is 1.30 bits per heavy atom. The predicted octanol–water partition coefficient (Wildman–Crippen LogP) is 5.37. The number of ether oxygens (including phenoxy) is 2. The van der Waals surface area contributed by atoms with Crippen LogP contribution in [0.2, 0.25) is 18.1 Å². The van der Waals surface area contributed by atoms with Crippen LogP contribution in [-0.2, 0) is 18.7 Å². The molecule has 1 rings (SSSR count). The third-order valence-corrected chi connectivity index (χ3v) is 10.1. The molecule has 1 fully saturated rings. The normalized spacial score (nSPS) is 24.4. The second-order valence-corrected chi connectivity index (χ2v) is 14.4.